The van der Waals surface area contributed by atoms with Crippen molar-refractivity contribution in [3.8, 4) is 0 Å². The van der Waals surface area contributed by atoms with Gasteiger partial charge >= 0.3 is 0 Å². The first-order valence-electron chi connectivity index (χ1n) is 6.71. The number of carbonyl (C=O) groups excluding carboxylic acids is 1. The first kappa shape index (κ1) is 16.0. The number of fused-ring (bicyclic) bond motifs is 1. The second-order valence-corrected chi connectivity index (χ2v) is 5.01. The van der Waals surface area contributed by atoms with Crippen LogP contribution in [0.5, 0.6) is 0 Å². The minimum atomic E-state index is 0. The molecule has 1 aliphatic carbocycles. The van der Waals surface area contributed by atoms with Crippen LogP contribution in [-0.2, 0) is 11.2 Å². The van der Waals surface area contributed by atoms with Gasteiger partial charge in [-0.3, -0.25) is 4.79 Å². The summed E-state index contributed by atoms with van der Waals surface area (Å²) in [5.74, 6) is 0.328. The van der Waals surface area contributed by atoms with Crippen molar-refractivity contribution in [2.75, 3.05) is 27.2 Å². The van der Waals surface area contributed by atoms with Crippen molar-refractivity contribution in [2.24, 2.45) is 0 Å². The van der Waals surface area contributed by atoms with Gasteiger partial charge in [0.05, 0.1) is 5.92 Å². The Morgan fingerprint density at radius 1 is 1.42 bits per heavy atom. The van der Waals surface area contributed by atoms with Crippen LogP contribution in [-0.4, -0.2) is 38.0 Å². The number of amides is 1. The molecule has 1 atom stereocenters. The van der Waals surface area contributed by atoms with E-state index in [1.54, 1.807) is 0 Å². The van der Waals surface area contributed by atoms with Crippen molar-refractivity contribution in [3.05, 3.63) is 35.4 Å². The van der Waals surface area contributed by atoms with Gasteiger partial charge in [-0.25, -0.2) is 0 Å². The first-order chi connectivity index (χ1) is 8.74. The fraction of sp³-hybridized carbons (Fsp3) is 0.533. The Morgan fingerprint density at radius 2 is 2.16 bits per heavy atom. The van der Waals surface area contributed by atoms with Gasteiger partial charge in [0.15, 0.2) is 0 Å². The standard InChI is InChI=1S/C15H22N2O.ClH/c1-16-10-11-17(2)15(18)14-9-5-7-12-6-3-4-8-13(12)14;/h3-4,6,8,14,16H,5,7,9-11H2,1-2H3;1H. The number of nitrogens with zero attached hydrogens (tertiary/aromatic N) is 1. The van der Waals surface area contributed by atoms with Crippen molar-refractivity contribution >= 4 is 18.3 Å². The van der Waals surface area contributed by atoms with E-state index in [0.717, 1.165) is 32.4 Å². The quantitative estimate of drug-likeness (QED) is 0.918. The number of benzene rings is 1. The van der Waals surface area contributed by atoms with Gasteiger partial charge < -0.3 is 10.2 Å². The molecule has 0 fully saturated rings. The van der Waals surface area contributed by atoms with Crippen molar-refractivity contribution in [1.82, 2.24) is 10.2 Å². The summed E-state index contributed by atoms with van der Waals surface area (Å²) < 4.78 is 0. The summed E-state index contributed by atoms with van der Waals surface area (Å²) in [5.41, 5.74) is 2.59. The van der Waals surface area contributed by atoms with Crippen LogP contribution in [0.25, 0.3) is 0 Å². The molecule has 0 saturated heterocycles. The summed E-state index contributed by atoms with van der Waals surface area (Å²) >= 11 is 0. The van der Waals surface area contributed by atoms with Crippen molar-refractivity contribution in [3.63, 3.8) is 0 Å². The summed E-state index contributed by atoms with van der Waals surface area (Å²) in [5, 5.41) is 3.08. The van der Waals surface area contributed by atoms with E-state index in [-0.39, 0.29) is 24.2 Å². The second-order valence-electron chi connectivity index (χ2n) is 5.01. The van der Waals surface area contributed by atoms with E-state index < -0.39 is 0 Å². The van der Waals surface area contributed by atoms with Crippen LogP contribution in [0, 0.1) is 0 Å². The molecular weight excluding hydrogens is 260 g/mol. The lowest BCUT2D eigenvalue weighted by molar-refractivity contribution is -0.131. The normalized spacial score (nSPS) is 17.3. The van der Waals surface area contributed by atoms with Gasteiger partial charge in [0.1, 0.15) is 0 Å². The molecule has 1 amide bonds. The van der Waals surface area contributed by atoms with E-state index in [1.807, 2.05) is 25.1 Å². The number of likely N-dealkylation sites (N-methyl/N-ethyl adjacent to an activating group) is 2. The molecule has 0 bridgehead atoms. The number of aryl methyl sites for hydroxylation is 1. The Hall–Kier alpha value is -1.06. The van der Waals surface area contributed by atoms with Gasteiger partial charge in [-0.05, 0) is 37.4 Å². The molecule has 0 aromatic heterocycles. The molecule has 4 heteroatoms. The lowest BCUT2D eigenvalue weighted by atomic mass is 9.82. The van der Waals surface area contributed by atoms with Crippen LogP contribution >= 0.6 is 12.4 Å². The fourth-order valence-corrected chi connectivity index (χ4v) is 2.67. The van der Waals surface area contributed by atoms with Gasteiger partial charge in [-0.2, -0.15) is 0 Å². The molecule has 0 saturated carbocycles. The molecule has 106 valence electrons. The Balaban J connectivity index is 0.00000180. The fourth-order valence-electron chi connectivity index (χ4n) is 2.67. The number of hydrogen-bond donors (Lipinski definition) is 1. The Labute approximate surface area is 121 Å². The highest BCUT2D eigenvalue weighted by molar-refractivity contribution is 5.85. The number of halogens is 1. The van der Waals surface area contributed by atoms with Crippen molar-refractivity contribution < 1.29 is 4.79 Å². The molecule has 1 aliphatic rings. The zero-order valence-corrected chi connectivity index (χ0v) is 12.5. The monoisotopic (exact) mass is 282 g/mol. The summed E-state index contributed by atoms with van der Waals surface area (Å²) in [6, 6.07) is 8.37. The number of carbonyl (C=O) groups is 1. The zero-order chi connectivity index (χ0) is 13.0. The Kier molecular flexibility index (Phi) is 6.32. The third-order valence-electron chi connectivity index (χ3n) is 3.74. The van der Waals surface area contributed by atoms with Gasteiger partial charge in [0.2, 0.25) is 5.91 Å². The maximum absolute atomic E-state index is 12.5. The molecule has 3 nitrogen and oxygen atoms in total. The third kappa shape index (κ3) is 3.71. The largest absolute Gasteiger partial charge is 0.344 e. The van der Waals surface area contributed by atoms with E-state index in [2.05, 4.69) is 23.5 Å². The van der Waals surface area contributed by atoms with E-state index in [0.29, 0.717) is 0 Å². The Morgan fingerprint density at radius 3 is 2.89 bits per heavy atom. The summed E-state index contributed by atoms with van der Waals surface area (Å²) in [4.78, 5) is 14.3. The molecule has 0 heterocycles. The zero-order valence-electron chi connectivity index (χ0n) is 11.7. The Bertz CT molecular complexity index is 422. The van der Waals surface area contributed by atoms with Gasteiger partial charge in [0, 0.05) is 20.1 Å². The molecule has 0 radical (unpaired) electrons. The predicted octanol–water partition coefficient (Wildman–Crippen LogP) is 2.21. The summed E-state index contributed by atoms with van der Waals surface area (Å²) in [7, 11) is 3.81. The van der Waals surface area contributed by atoms with E-state index in [1.165, 1.54) is 11.1 Å². The SMILES string of the molecule is CNCCN(C)C(=O)C1CCCc2ccccc21.Cl. The maximum Gasteiger partial charge on any atom is 0.229 e. The molecule has 19 heavy (non-hydrogen) atoms. The first-order valence-corrected chi connectivity index (χ1v) is 6.71. The van der Waals surface area contributed by atoms with Crippen molar-refractivity contribution in [1.29, 1.82) is 0 Å². The van der Waals surface area contributed by atoms with E-state index >= 15 is 0 Å². The van der Waals surface area contributed by atoms with Gasteiger partial charge in [0.25, 0.3) is 0 Å². The van der Waals surface area contributed by atoms with E-state index in [9.17, 15) is 4.79 Å². The highest BCUT2D eigenvalue weighted by Gasteiger charge is 2.27. The molecule has 1 N–H and O–H groups in total. The summed E-state index contributed by atoms with van der Waals surface area (Å²) in [6.07, 6.45) is 3.22. The topological polar surface area (TPSA) is 32.3 Å². The minimum Gasteiger partial charge on any atom is -0.344 e. The molecular formula is C15H23ClN2O. The lowest BCUT2D eigenvalue weighted by Crippen LogP contribution is -2.37. The average Bonchev–Trinajstić information content (AvgIpc) is 2.43. The average molecular weight is 283 g/mol. The maximum atomic E-state index is 12.5. The second kappa shape index (κ2) is 7.51. The molecule has 1 aromatic rings. The van der Waals surface area contributed by atoms with Crippen LogP contribution in [0.1, 0.15) is 29.9 Å². The number of nitrogens with one attached hydrogen (secondary N) is 1. The molecule has 0 spiro atoms. The highest BCUT2D eigenvalue weighted by atomic mass is 35.5. The van der Waals surface area contributed by atoms with Crippen LogP contribution < -0.4 is 5.32 Å². The van der Waals surface area contributed by atoms with Crippen LogP contribution in [0.4, 0.5) is 0 Å². The minimum absolute atomic E-state index is 0. The van der Waals surface area contributed by atoms with Gasteiger partial charge in [-0.15, -0.1) is 12.4 Å². The van der Waals surface area contributed by atoms with Crippen LogP contribution in [0.3, 0.4) is 0 Å². The van der Waals surface area contributed by atoms with E-state index in [4.69, 9.17) is 0 Å². The number of hydrogen-bond acceptors (Lipinski definition) is 2. The van der Waals surface area contributed by atoms with Gasteiger partial charge in [-0.1, -0.05) is 24.3 Å². The molecule has 1 unspecified atom stereocenters. The number of rotatable bonds is 4. The van der Waals surface area contributed by atoms with Crippen molar-refractivity contribution in [2.45, 2.75) is 25.2 Å². The molecule has 0 aliphatic heterocycles. The highest BCUT2D eigenvalue weighted by Crippen LogP contribution is 2.32. The predicted molar refractivity (Wildman–Crippen MR) is 80.9 cm³/mol. The molecule has 1 aromatic carbocycles. The van der Waals surface area contributed by atoms with Crippen LogP contribution in [0.2, 0.25) is 0 Å². The lowest BCUT2D eigenvalue weighted by Gasteiger charge is -2.28. The smallest absolute Gasteiger partial charge is 0.229 e. The molecule has 2 rings (SSSR count). The van der Waals surface area contributed by atoms with Crippen LogP contribution in [0.15, 0.2) is 24.3 Å². The third-order valence-corrected chi connectivity index (χ3v) is 3.74. The summed E-state index contributed by atoms with van der Waals surface area (Å²) in [6.45, 7) is 1.62.